The van der Waals surface area contributed by atoms with Crippen LogP contribution in [-0.4, -0.2) is 5.04 Å². The zero-order valence-electron chi connectivity index (χ0n) is 13.4. The quantitative estimate of drug-likeness (QED) is 0.764. The Morgan fingerprint density at radius 2 is 1.70 bits per heavy atom. The van der Waals surface area contributed by atoms with Crippen molar-refractivity contribution in [3.63, 3.8) is 0 Å². The number of hydrazone groups is 1. The molecule has 3 rings (SSSR count). The fourth-order valence-electron chi connectivity index (χ4n) is 2.32. The van der Waals surface area contributed by atoms with Crippen molar-refractivity contribution >= 4 is 34.1 Å². The normalized spacial score (nSPS) is 14.8. The second-order valence-corrected chi connectivity index (χ2v) is 7.75. The van der Waals surface area contributed by atoms with Crippen LogP contribution >= 0.6 is 23.4 Å². The first-order valence-corrected chi connectivity index (χ1v) is 8.77. The summed E-state index contributed by atoms with van der Waals surface area (Å²) in [6.45, 7) is 6.66. The zero-order valence-corrected chi connectivity index (χ0v) is 15.0. The van der Waals surface area contributed by atoms with Gasteiger partial charge in [0.25, 0.3) is 0 Å². The minimum Gasteiger partial charge on any atom is -0.276 e. The van der Waals surface area contributed by atoms with Crippen molar-refractivity contribution in [2.75, 3.05) is 0 Å². The number of benzene rings is 2. The molecule has 118 valence electrons. The topological polar surface area (TPSA) is 24.4 Å². The maximum atomic E-state index is 6.23. The Bertz CT molecular complexity index is 771. The van der Waals surface area contributed by atoms with Gasteiger partial charge in [-0.05, 0) is 17.0 Å². The van der Waals surface area contributed by atoms with Crippen LogP contribution in [0.5, 0.6) is 0 Å². The van der Waals surface area contributed by atoms with Crippen LogP contribution < -0.4 is 5.43 Å². The van der Waals surface area contributed by atoms with Gasteiger partial charge in [-0.25, -0.2) is 0 Å². The molecule has 0 spiro atoms. The molecule has 0 atom stereocenters. The minimum atomic E-state index is 0.164. The Morgan fingerprint density at radius 3 is 2.26 bits per heavy atom. The van der Waals surface area contributed by atoms with Crippen molar-refractivity contribution in [3.8, 4) is 0 Å². The lowest BCUT2D eigenvalue weighted by atomic mass is 9.86. The monoisotopic (exact) mass is 342 g/mol. The lowest BCUT2D eigenvalue weighted by molar-refractivity contribution is 0.590. The molecule has 0 saturated carbocycles. The van der Waals surface area contributed by atoms with Gasteiger partial charge < -0.3 is 0 Å². The summed E-state index contributed by atoms with van der Waals surface area (Å²) in [5.41, 5.74) is 7.71. The SMILES string of the molecule is CC(C)(C)c1ccc(C2=CSC(c3ccccc3Cl)=NN2)cc1. The molecule has 2 nitrogen and oxygen atoms in total. The molecule has 0 saturated heterocycles. The van der Waals surface area contributed by atoms with Gasteiger partial charge in [0.05, 0.1) is 10.7 Å². The van der Waals surface area contributed by atoms with E-state index >= 15 is 0 Å². The van der Waals surface area contributed by atoms with Gasteiger partial charge in [-0.1, -0.05) is 86.6 Å². The molecule has 0 aromatic heterocycles. The Balaban J connectivity index is 1.77. The Labute approximate surface area is 146 Å². The summed E-state index contributed by atoms with van der Waals surface area (Å²) < 4.78 is 0. The van der Waals surface area contributed by atoms with E-state index in [9.17, 15) is 0 Å². The molecule has 0 fully saturated rings. The summed E-state index contributed by atoms with van der Waals surface area (Å²) in [6, 6.07) is 16.4. The zero-order chi connectivity index (χ0) is 16.4. The predicted molar refractivity (Wildman–Crippen MR) is 102 cm³/mol. The molecule has 0 radical (unpaired) electrons. The van der Waals surface area contributed by atoms with Crippen molar-refractivity contribution in [1.29, 1.82) is 0 Å². The van der Waals surface area contributed by atoms with E-state index < -0.39 is 0 Å². The number of nitrogens with zero attached hydrogens (tertiary/aromatic N) is 1. The number of thioether (sulfide) groups is 1. The van der Waals surface area contributed by atoms with Crippen LogP contribution in [0.15, 0.2) is 59.0 Å². The fraction of sp³-hybridized carbons (Fsp3) is 0.211. The molecular formula is C19H19ClN2S. The van der Waals surface area contributed by atoms with Gasteiger partial charge in [0.1, 0.15) is 5.04 Å². The molecule has 1 N–H and O–H groups in total. The van der Waals surface area contributed by atoms with E-state index in [0.29, 0.717) is 5.02 Å². The standard InChI is InChI=1S/C19H19ClN2S/c1-19(2,3)14-10-8-13(9-11-14)17-12-23-18(22-21-17)15-6-4-5-7-16(15)20/h4-12,21H,1-3H3. The molecular weight excluding hydrogens is 324 g/mol. The van der Waals surface area contributed by atoms with Gasteiger partial charge in [0, 0.05) is 16.5 Å². The molecule has 1 aliphatic heterocycles. The van der Waals surface area contributed by atoms with Crippen molar-refractivity contribution in [3.05, 3.63) is 75.7 Å². The number of nitrogens with one attached hydrogen (secondary N) is 1. The second-order valence-electron chi connectivity index (χ2n) is 6.49. The van der Waals surface area contributed by atoms with Crippen LogP contribution in [0.4, 0.5) is 0 Å². The van der Waals surface area contributed by atoms with Crippen molar-refractivity contribution in [1.82, 2.24) is 5.43 Å². The molecule has 0 aliphatic carbocycles. The largest absolute Gasteiger partial charge is 0.276 e. The lowest BCUT2D eigenvalue weighted by Gasteiger charge is -2.20. The van der Waals surface area contributed by atoms with Gasteiger partial charge in [-0.15, -0.1) is 0 Å². The number of hydrogen-bond acceptors (Lipinski definition) is 3. The molecule has 4 heteroatoms. The van der Waals surface area contributed by atoms with Crippen molar-refractivity contribution in [2.45, 2.75) is 26.2 Å². The van der Waals surface area contributed by atoms with Crippen LogP contribution in [0.1, 0.15) is 37.5 Å². The molecule has 2 aromatic rings. The van der Waals surface area contributed by atoms with Crippen molar-refractivity contribution < 1.29 is 0 Å². The highest BCUT2D eigenvalue weighted by Gasteiger charge is 2.16. The fourth-order valence-corrected chi connectivity index (χ4v) is 3.42. The van der Waals surface area contributed by atoms with Gasteiger partial charge in [0.15, 0.2) is 0 Å². The van der Waals surface area contributed by atoms with E-state index in [1.807, 2.05) is 24.3 Å². The minimum absolute atomic E-state index is 0.164. The number of halogens is 1. The Kier molecular flexibility index (Phi) is 4.51. The van der Waals surface area contributed by atoms with E-state index in [-0.39, 0.29) is 5.41 Å². The van der Waals surface area contributed by atoms with Crippen LogP contribution in [-0.2, 0) is 5.41 Å². The molecule has 23 heavy (non-hydrogen) atoms. The molecule has 0 bridgehead atoms. The van der Waals surface area contributed by atoms with Gasteiger partial charge in [0.2, 0.25) is 0 Å². The van der Waals surface area contributed by atoms with Crippen LogP contribution in [0.2, 0.25) is 5.02 Å². The first-order valence-electron chi connectivity index (χ1n) is 7.51. The van der Waals surface area contributed by atoms with Gasteiger partial charge >= 0.3 is 0 Å². The number of rotatable bonds is 2. The summed E-state index contributed by atoms with van der Waals surface area (Å²) in [7, 11) is 0. The third-order valence-electron chi connectivity index (χ3n) is 3.73. The van der Waals surface area contributed by atoms with E-state index in [4.69, 9.17) is 11.6 Å². The molecule has 0 amide bonds. The second kappa shape index (κ2) is 6.42. The summed E-state index contributed by atoms with van der Waals surface area (Å²) in [6.07, 6.45) is 0. The Hall–Kier alpha value is -1.71. The van der Waals surface area contributed by atoms with Crippen LogP contribution in [0, 0.1) is 0 Å². The van der Waals surface area contributed by atoms with E-state index in [0.717, 1.165) is 21.9 Å². The average Bonchev–Trinajstić information content (AvgIpc) is 2.55. The number of hydrogen-bond donors (Lipinski definition) is 1. The molecule has 0 unspecified atom stereocenters. The maximum Gasteiger partial charge on any atom is 0.129 e. The van der Waals surface area contributed by atoms with E-state index in [1.165, 1.54) is 5.56 Å². The van der Waals surface area contributed by atoms with Crippen molar-refractivity contribution in [2.24, 2.45) is 5.10 Å². The molecule has 2 aromatic carbocycles. The van der Waals surface area contributed by atoms with Crippen LogP contribution in [0.3, 0.4) is 0 Å². The smallest absolute Gasteiger partial charge is 0.129 e. The predicted octanol–water partition coefficient (Wildman–Crippen LogP) is 5.63. The highest BCUT2D eigenvalue weighted by Crippen LogP contribution is 2.29. The summed E-state index contributed by atoms with van der Waals surface area (Å²) in [4.78, 5) is 0. The summed E-state index contributed by atoms with van der Waals surface area (Å²) in [5, 5.41) is 8.14. The van der Waals surface area contributed by atoms with E-state index in [1.54, 1.807) is 11.8 Å². The molecule has 1 heterocycles. The average molecular weight is 343 g/mol. The highest BCUT2D eigenvalue weighted by atomic mass is 35.5. The lowest BCUT2D eigenvalue weighted by Crippen LogP contribution is -2.14. The third kappa shape index (κ3) is 3.62. The summed E-state index contributed by atoms with van der Waals surface area (Å²) in [5.74, 6) is 0. The highest BCUT2D eigenvalue weighted by molar-refractivity contribution is 8.17. The van der Waals surface area contributed by atoms with Gasteiger partial charge in [-0.3, -0.25) is 5.43 Å². The van der Waals surface area contributed by atoms with Crippen LogP contribution in [0.25, 0.3) is 5.70 Å². The maximum absolute atomic E-state index is 6.23. The summed E-state index contributed by atoms with van der Waals surface area (Å²) >= 11 is 7.81. The first kappa shape index (κ1) is 16.2. The first-order chi connectivity index (χ1) is 10.9. The van der Waals surface area contributed by atoms with E-state index in [2.05, 4.69) is 61.0 Å². The Morgan fingerprint density at radius 1 is 1.00 bits per heavy atom. The molecule has 1 aliphatic rings. The van der Waals surface area contributed by atoms with Gasteiger partial charge in [-0.2, -0.15) is 5.10 Å². The third-order valence-corrected chi connectivity index (χ3v) is 4.95.